The van der Waals surface area contributed by atoms with Gasteiger partial charge in [0.15, 0.2) is 0 Å². The summed E-state index contributed by atoms with van der Waals surface area (Å²) >= 11 is 0. The van der Waals surface area contributed by atoms with Gasteiger partial charge < -0.3 is 9.90 Å². The van der Waals surface area contributed by atoms with Crippen molar-refractivity contribution in [3.8, 4) is 0 Å². The molecule has 1 N–H and O–H groups in total. The van der Waals surface area contributed by atoms with Crippen molar-refractivity contribution in [2.75, 3.05) is 0 Å². The first-order valence-electron chi connectivity index (χ1n) is 13.9. The quantitative estimate of drug-likeness (QED) is 0.432. The summed E-state index contributed by atoms with van der Waals surface area (Å²) in [5.41, 5.74) is 2.60. The molecule has 0 heterocycles. The lowest BCUT2D eigenvalue weighted by Crippen LogP contribution is -2.50. The van der Waals surface area contributed by atoms with E-state index in [2.05, 4.69) is 40.7 Å². The summed E-state index contributed by atoms with van der Waals surface area (Å²) < 4.78 is 0. The van der Waals surface area contributed by atoms with Gasteiger partial charge in [-0.3, -0.25) is 0 Å². The van der Waals surface area contributed by atoms with Crippen molar-refractivity contribution in [1.29, 1.82) is 0 Å². The third-order valence-electron chi connectivity index (χ3n) is 10.3. The topological polar surface area (TPSA) is 37.3 Å². The molecule has 0 spiro atoms. The van der Waals surface area contributed by atoms with E-state index in [4.69, 9.17) is 4.79 Å². The first kappa shape index (κ1) is 27.6. The van der Waals surface area contributed by atoms with Crippen LogP contribution in [0.15, 0.2) is 11.6 Å². The molecule has 4 rings (SSSR count). The van der Waals surface area contributed by atoms with Crippen molar-refractivity contribution in [3.05, 3.63) is 11.6 Å². The highest BCUT2D eigenvalue weighted by atomic mass is 16.3. The molecule has 0 aromatic heterocycles. The van der Waals surface area contributed by atoms with E-state index in [1.807, 2.05) is 20.6 Å². The molecular weight excluding hydrogens is 392 g/mol. The molecular formula is C30H54O2. The molecule has 186 valence electrons. The van der Waals surface area contributed by atoms with Crippen LogP contribution in [0.1, 0.15) is 119 Å². The van der Waals surface area contributed by atoms with Crippen LogP contribution >= 0.6 is 0 Å². The zero-order chi connectivity index (χ0) is 24.1. The molecule has 3 saturated carbocycles. The fourth-order valence-electron chi connectivity index (χ4n) is 8.67. The first-order chi connectivity index (χ1) is 15.3. The molecule has 4 aliphatic rings. The van der Waals surface area contributed by atoms with Crippen LogP contribution in [0.25, 0.3) is 0 Å². The summed E-state index contributed by atoms with van der Waals surface area (Å²) in [6, 6.07) is 0. The van der Waals surface area contributed by atoms with Crippen LogP contribution in [-0.2, 0) is 4.79 Å². The van der Waals surface area contributed by atoms with E-state index in [1.165, 1.54) is 57.8 Å². The number of rotatable bonds is 5. The average molecular weight is 447 g/mol. The van der Waals surface area contributed by atoms with Crippen LogP contribution < -0.4 is 0 Å². The normalized spacial score (nSPS) is 41.0. The van der Waals surface area contributed by atoms with Gasteiger partial charge in [0, 0.05) is 0 Å². The molecule has 8 atom stereocenters. The molecule has 0 amide bonds. The lowest BCUT2D eigenvalue weighted by atomic mass is 9.47. The van der Waals surface area contributed by atoms with Crippen LogP contribution in [0.5, 0.6) is 0 Å². The van der Waals surface area contributed by atoms with Crippen molar-refractivity contribution < 1.29 is 9.90 Å². The second kappa shape index (κ2) is 11.7. The molecule has 0 aliphatic heterocycles. The zero-order valence-electron chi connectivity index (χ0n) is 22.5. The van der Waals surface area contributed by atoms with E-state index in [0.29, 0.717) is 10.8 Å². The van der Waals surface area contributed by atoms with Gasteiger partial charge in [0.2, 0.25) is 0 Å². The maximum atomic E-state index is 10.2. The highest BCUT2D eigenvalue weighted by Gasteiger charge is 2.59. The Bertz CT molecular complexity index is 610. The summed E-state index contributed by atoms with van der Waals surface area (Å²) in [6.45, 7) is 18.6. The maximum absolute atomic E-state index is 10.2. The molecule has 4 aliphatic carbocycles. The van der Waals surface area contributed by atoms with Gasteiger partial charge in [0.25, 0.3) is 0 Å². The molecule has 6 unspecified atom stereocenters. The minimum atomic E-state index is -0.0766. The minimum Gasteiger partial charge on any atom is -0.393 e. The highest BCUT2D eigenvalue weighted by Crippen LogP contribution is 2.67. The number of aliphatic hydroxyl groups is 1. The Morgan fingerprint density at radius 2 is 1.69 bits per heavy atom. The third-order valence-corrected chi connectivity index (χ3v) is 10.3. The van der Waals surface area contributed by atoms with Gasteiger partial charge in [-0.2, -0.15) is 0 Å². The second-order valence-corrected chi connectivity index (χ2v) is 12.2. The summed E-state index contributed by atoms with van der Waals surface area (Å²) in [5.74, 6) is 5.46. The van der Waals surface area contributed by atoms with E-state index in [1.54, 1.807) is 5.57 Å². The van der Waals surface area contributed by atoms with Crippen molar-refractivity contribution in [2.24, 2.45) is 46.3 Å². The maximum Gasteiger partial charge on any atom is 0.106 e. The van der Waals surface area contributed by atoms with Crippen LogP contribution in [0.4, 0.5) is 0 Å². The number of fused-ring (bicyclic) bond motifs is 5. The van der Waals surface area contributed by atoms with Crippen LogP contribution in [0.3, 0.4) is 0 Å². The number of aliphatic hydroxyl groups excluding tert-OH is 1. The largest absolute Gasteiger partial charge is 0.393 e. The average Bonchev–Trinajstić information content (AvgIpc) is 3.14. The summed E-state index contributed by atoms with van der Waals surface area (Å²) in [6.07, 6.45) is 17.2. The molecule has 0 radical (unpaired) electrons. The molecule has 32 heavy (non-hydrogen) atoms. The Morgan fingerprint density at radius 1 is 1.00 bits per heavy atom. The number of allylic oxidation sites excluding steroid dienone is 1. The number of hydrogen-bond acceptors (Lipinski definition) is 2. The van der Waals surface area contributed by atoms with Crippen molar-refractivity contribution in [1.82, 2.24) is 0 Å². The number of carbonyl (C=O) groups is 1. The van der Waals surface area contributed by atoms with Gasteiger partial charge in [-0.15, -0.1) is 0 Å². The Hall–Kier alpha value is -0.630. The monoisotopic (exact) mass is 446 g/mol. The number of carbonyl (C=O) groups excluding carboxylic acids is 1. The van der Waals surface area contributed by atoms with E-state index in [9.17, 15) is 5.11 Å². The lowest BCUT2D eigenvalue weighted by molar-refractivity contribution is -0.0980. The van der Waals surface area contributed by atoms with Gasteiger partial charge in [-0.1, -0.05) is 79.4 Å². The predicted octanol–water partition coefficient (Wildman–Crippen LogP) is 8.23. The van der Waals surface area contributed by atoms with E-state index in [-0.39, 0.29) is 6.10 Å². The van der Waals surface area contributed by atoms with Gasteiger partial charge in [-0.05, 0) is 97.7 Å². The smallest absolute Gasteiger partial charge is 0.106 e. The molecule has 2 nitrogen and oxygen atoms in total. The first-order valence-corrected chi connectivity index (χ1v) is 13.9. The van der Waals surface area contributed by atoms with Crippen LogP contribution in [0.2, 0.25) is 0 Å². The van der Waals surface area contributed by atoms with E-state index in [0.717, 1.165) is 48.3 Å². The third kappa shape index (κ3) is 5.21. The summed E-state index contributed by atoms with van der Waals surface area (Å²) in [4.78, 5) is 8.00. The van der Waals surface area contributed by atoms with Crippen LogP contribution in [-0.4, -0.2) is 18.0 Å². The van der Waals surface area contributed by atoms with Crippen molar-refractivity contribution in [2.45, 2.75) is 125 Å². The van der Waals surface area contributed by atoms with Gasteiger partial charge in [0.05, 0.1) is 6.10 Å². The highest BCUT2D eigenvalue weighted by molar-refractivity contribution is 5.25. The standard InChI is InChI=1S/C27H46O.C2H6.CH2O/c1-18(2)7-6-8-19(3)23-11-12-24-22-10-9-20-17-21(28)13-15-26(20,4)25(22)14-16-27(23,24)5;2*1-2/h9,18-19,21-25,28H,6-8,10-17H2,1-5H3;1-2H3;1H2/t19-,21?,22?,23-,24?,25?,26?,27?;;/m1../s1. The van der Waals surface area contributed by atoms with E-state index < -0.39 is 0 Å². The Balaban J connectivity index is 0.000000860. The molecule has 2 heteroatoms. The lowest BCUT2D eigenvalue weighted by Gasteiger charge is -2.58. The SMILES string of the molecule is C=O.CC.CC(C)CCC[C@@H](C)[C@H]1CCC2C3CC=C4CC(O)CCC4(C)C3CCC21C. The fourth-order valence-corrected chi connectivity index (χ4v) is 8.67. The van der Waals surface area contributed by atoms with Gasteiger partial charge >= 0.3 is 0 Å². The van der Waals surface area contributed by atoms with Crippen molar-refractivity contribution >= 4 is 6.79 Å². The Morgan fingerprint density at radius 3 is 2.34 bits per heavy atom. The van der Waals surface area contributed by atoms with Crippen LogP contribution in [0, 0.1) is 46.3 Å². The van der Waals surface area contributed by atoms with Crippen molar-refractivity contribution in [3.63, 3.8) is 0 Å². The zero-order valence-corrected chi connectivity index (χ0v) is 22.5. The molecule has 0 saturated heterocycles. The summed E-state index contributed by atoms with van der Waals surface area (Å²) in [7, 11) is 0. The second-order valence-electron chi connectivity index (χ2n) is 12.2. The Kier molecular flexibility index (Phi) is 10.1. The molecule has 0 aromatic rings. The van der Waals surface area contributed by atoms with Gasteiger partial charge in [0.1, 0.15) is 6.79 Å². The predicted molar refractivity (Wildman–Crippen MR) is 138 cm³/mol. The number of hydrogen-bond donors (Lipinski definition) is 1. The van der Waals surface area contributed by atoms with Gasteiger partial charge in [-0.25, -0.2) is 0 Å². The molecule has 0 bridgehead atoms. The minimum absolute atomic E-state index is 0.0766. The Labute approximate surface area is 200 Å². The molecule has 3 fully saturated rings. The summed E-state index contributed by atoms with van der Waals surface area (Å²) in [5, 5.41) is 10.2. The van der Waals surface area contributed by atoms with E-state index >= 15 is 0 Å². The molecule has 0 aromatic carbocycles. The fraction of sp³-hybridized carbons (Fsp3) is 0.900.